The van der Waals surface area contributed by atoms with Gasteiger partial charge in [-0.1, -0.05) is 12.1 Å². The van der Waals surface area contributed by atoms with Gasteiger partial charge >= 0.3 is 6.18 Å². The molecule has 0 radical (unpaired) electrons. The van der Waals surface area contributed by atoms with Crippen LogP contribution in [0.3, 0.4) is 0 Å². The number of halogens is 4. The number of nitrogens with one attached hydrogen (secondary N) is 1. The molecule has 0 saturated carbocycles. The molecule has 1 aromatic rings. The van der Waals surface area contributed by atoms with E-state index in [9.17, 15) is 18.0 Å². The fourth-order valence-electron chi connectivity index (χ4n) is 3.03. The van der Waals surface area contributed by atoms with Gasteiger partial charge in [0, 0.05) is 19.6 Å². The Morgan fingerprint density at radius 3 is 2.70 bits per heavy atom. The maximum absolute atomic E-state index is 13.0. The first-order chi connectivity index (χ1) is 8.86. The Hall–Kier alpha value is -1.27. The largest absolute Gasteiger partial charge is 0.417 e. The summed E-state index contributed by atoms with van der Waals surface area (Å²) in [6.45, 7) is 3.33. The molecule has 3 nitrogen and oxygen atoms in total. The molecule has 1 fully saturated rings. The Morgan fingerprint density at radius 2 is 2.05 bits per heavy atom. The van der Waals surface area contributed by atoms with Crippen LogP contribution in [0.15, 0.2) is 18.2 Å². The molecule has 1 atom stereocenters. The predicted molar refractivity (Wildman–Crippen MR) is 70.0 cm³/mol. The number of fused-ring (bicyclic) bond motifs is 3. The van der Waals surface area contributed by atoms with Gasteiger partial charge in [0.2, 0.25) is 0 Å². The minimum atomic E-state index is -4.50. The minimum Gasteiger partial charge on any atom is -0.327 e. The number of benzene rings is 1. The van der Waals surface area contributed by atoms with Gasteiger partial charge in [-0.2, -0.15) is 13.2 Å². The molecule has 0 aromatic heterocycles. The second-order valence-electron chi connectivity index (χ2n) is 5.13. The molecule has 7 heteroatoms. The first-order valence-electron chi connectivity index (χ1n) is 6.09. The number of hydrogen-bond donors (Lipinski definition) is 1. The van der Waals surface area contributed by atoms with Crippen LogP contribution in [0.1, 0.15) is 28.4 Å². The van der Waals surface area contributed by atoms with E-state index in [0.717, 1.165) is 6.07 Å². The predicted octanol–water partition coefficient (Wildman–Crippen LogP) is 2.40. The molecular formula is C13H14ClF3N2O. The van der Waals surface area contributed by atoms with Gasteiger partial charge in [0.25, 0.3) is 5.91 Å². The van der Waals surface area contributed by atoms with Gasteiger partial charge in [0.15, 0.2) is 0 Å². The van der Waals surface area contributed by atoms with Crippen molar-refractivity contribution in [2.75, 3.05) is 19.6 Å². The van der Waals surface area contributed by atoms with Crippen LogP contribution < -0.4 is 5.32 Å². The zero-order valence-corrected chi connectivity index (χ0v) is 11.6. The molecule has 2 heterocycles. The third-order valence-corrected chi connectivity index (χ3v) is 3.99. The fraction of sp³-hybridized carbons (Fsp3) is 0.462. The zero-order valence-electron chi connectivity index (χ0n) is 10.8. The van der Waals surface area contributed by atoms with Gasteiger partial charge in [-0.3, -0.25) is 4.79 Å². The van der Waals surface area contributed by atoms with Crippen molar-refractivity contribution in [2.24, 2.45) is 0 Å². The number of piperazine rings is 1. The van der Waals surface area contributed by atoms with Crippen LogP contribution in [0.5, 0.6) is 0 Å². The molecule has 1 N–H and O–H groups in total. The van der Waals surface area contributed by atoms with Crippen molar-refractivity contribution in [3.63, 3.8) is 0 Å². The maximum Gasteiger partial charge on any atom is 0.417 e. The first kappa shape index (κ1) is 15.1. The standard InChI is InChI=1S/C13H13F3N2O.ClH/c1-12-7-17-5-6-18(12)11(19)10-8(12)3-2-4-9(10)13(14,15)16;/h2-4,17H,5-7H2,1H3;1H/t12-;/m1./s1. The molecular weight excluding hydrogens is 293 g/mol. The summed E-state index contributed by atoms with van der Waals surface area (Å²) >= 11 is 0. The number of amides is 1. The molecule has 1 amide bonds. The number of alkyl halides is 3. The maximum atomic E-state index is 13.0. The second kappa shape index (κ2) is 4.63. The SMILES string of the molecule is C[C@]12CNCCN1C(=O)c1c(C(F)(F)F)cccc12.Cl. The number of carbonyl (C=O) groups excluding carboxylic acids is 1. The van der Waals surface area contributed by atoms with Crippen LogP contribution in [-0.2, 0) is 11.7 Å². The summed E-state index contributed by atoms with van der Waals surface area (Å²) in [5.74, 6) is -0.507. The van der Waals surface area contributed by atoms with E-state index in [4.69, 9.17) is 0 Å². The molecule has 0 spiro atoms. The van der Waals surface area contributed by atoms with Crippen LogP contribution >= 0.6 is 12.4 Å². The summed E-state index contributed by atoms with van der Waals surface area (Å²) < 4.78 is 39.1. The van der Waals surface area contributed by atoms with Crippen molar-refractivity contribution < 1.29 is 18.0 Å². The first-order valence-corrected chi connectivity index (χ1v) is 6.09. The van der Waals surface area contributed by atoms with Crippen molar-refractivity contribution in [2.45, 2.75) is 18.6 Å². The highest BCUT2D eigenvalue weighted by Crippen LogP contribution is 2.44. The topological polar surface area (TPSA) is 32.3 Å². The van der Waals surface area contributed by atoms with Gasteiger partial charge in [-0.25, -0.2) is 0 Å². The lowest BCUT2D eigenvalue weighted by molar-refractivity contribution is -0.137. The van der Waals surface area contributed by atoms with Crippen LogP contribution in [0.2, 0.25) is 0 Å². The third-order valence-electron chi connectivity index (χ3n) is 3.99. The molecule has 1 aromatic carbocycles. The summed E-state index contributed by atoms with van der Waals surface area (Å²) in [7, 11) is 0. The van der Waals surface area contributed by atoms with Crippen LogP contribution in [0.4, 0.5) is 13.2 Å². The summed E-state index contributed by atoms with van der Waals surface area (Å²) in [5, 5.41) is 3.14. The lowest BCUT2D eigenvalue weighted by Gasteiger charge is -2.40. The average molecular weight is 307 g/mol. The highest BCUT2D eigenvalue weighted by atomic mass is 35.5. The van der Waals surface area contributed by atoms with Crippen molar-refractivity contribution >= 4 is 18.3 Å². The highest BCUT2D eigenvalue weighted by molar-refractivity contribution is 6.01. The Morgan fingerprint density at radius 1 is 1.35 bits per heavy atom. The molecule has 0 unspecified atom stereocenters. The average Bonchev–Trinajstić information content (AvgIpc) is 2.58. The van der Waals surface area contributed by atoms with Gasteiger partial charge in [0.1, 0.15) is 0 Å². The molecule has 2 aliphatic heterocycles. The molecule has 110 valence electrons. The van der Waals surface area contributed by atoms with E-state index in [2.05, 4.69) is 5.32 Å². The van der Waals surface area contributed by atoms with Crippen LogP contribution in [0, 0.1) is 0 Å². The van der Waals surface area contributed by atoms with E-state index in [1.54, 1.807) is 11.0 Å². The van der Waals surface area contributed by atoms with Gasteiger partial charge in [-0.15, -0.1) is 12.4 Å². The highest BCUT2D eigenvalue weighted by Gasteiger charge is 2.51. The molecule has 1 saturated heterocycles. The molecule has 2 aliphatic rings. The number of rotatable bonds is 0. The number of carbonyl (C=O) groups is 1. The lowest BCUT2D eigenvalue weighted by atomic mass is 9.88. The van der Waals surface area contributed by atoms with Crippen LogP contribution in [-0.4, -0.2) is 30.4 Å². The van der Waals surface area contributed by atoms with Crippen molar-refractivity contribution in [3.05, 3.63) is 34.9 Å². The van der Waals surface area contributed by atoms with E-state index in [-0.39, 0.29) is 18.0 Å². The third kappa shape index (κ3) is 1.90. The van der Waals surface area contributed by atoms with Gasteiger partial charge in [-0.05, 0) is 18.6 Å². The summed E-state index contributed by atoms with van der Waals surface area (Å²) in [5.41, 5.74) is -1.21. The lowest BCUT2D eigenvalue weighted by Crippen LogP contribution is -2.55. The molecule has 0 aliphatic carbocycles. The van der Waals surface area contributed by atoms with E-state index in [0.29, 0.717) is 25.2 Å². The van der Waals surface area contributed by atoms with Crippen molar-refractivity contribution in [1.82, 2.24) is 10.2 Å². The Kier molecular flexibility index (Phi) is 3.50. The monoisotopic (exact) mass is 306 g/mol. The molecule has 20 heavy (non-hydrogen) atoms. The summed E-state index contributed by atoms with van der Waals surface area (Å²) in [6, 6.07) is 3.97. The minimum absolute atomic E-state index is 0. The number of nitrogens with zero attached hydrogens (tertiary/aromatic N) is 1. The van der Waals surface area contributed by atoms with Gasteiger partial charge < -0.3 is 10.2 Å². The van der Waals surface area contributed by atoms with E-state index in [1.807, 2.05) is 6.92 Å². The van der Waals surface area contributed by atoms with Gasteiger partial charge in [0.05, 0.1) is 16.7 Å². The van der Waals surface area contributed by atoms with E-state index >= 15 is 0 Å². The Balaban J connectivity index is 0.00000147. The molecule has 3 rings (SSSR count). The Bertz CT molecular complexity index is 561. The summed E-state index contributed by atoms with van der Waals surface area (Å²) in [6.07, 6.45) is -4.50. The quantitative estimate of drug-likeness (QED) is 0.798. The number of hydrogen-bond acceptors (Lipinski definition) is 2. The normalized spacial score (nSPS) is 25.0. The smallest absolute Gasteiger partial charge is 0.327 e. The van der Waals surface area contributed by atoms with E-state index in [1.165, 1.54) is 6.07 Å². The van der Waals surface area contributed by atoms with Crippen molar-refractivity contribution in [1.29, 1.82) is 0 Å². The summed E-state index contributed by atoms with van der Waals surface area (Å²) in [4.78, 5) is 13.8. The zero-order chi connectivity index (χ0) is 13.8. The fourth-order valence-corrected chi connectivity index (χ4v) is 3.03. The van der Waals surface area contributed by atoms with E-state index < -0.39 is 23.2 Å². The second-order valence-corrected chi connectivity index (χ2v) is 5.13. The van der Waals surface area contributed by atoms with Crippen molar-refractivity contribution in [3.8, 4) is 0 Å². The Labute approximate surface area is 120 Å². The molecule has 0 bridgehead atoms. The van der Waals surface area contributed by atoms with Crippen LogP contribution in [0.25, 0.3) is 0 Å².